The molecule has 0 fully saturated rings. The lowest BCUT2D eigenvalue weighted by Crippen LogP contribution is -2.13. The second-order valence-corrected chi connectivity index (χ2v) is 6.98. The number of halogens is 1. The average Bonchev–Trinajstić information content (AvgIpc) is 2.68. The van der Waals surface area contributed by atoms with E-state index >= 15 is 0 Å². The van der Waals surface area contributed by atoms with E-state index in [1.54, 1.807) is 37.4 Å². The van der Waals surface area contributed by atoms with E-state index in [1.807, 2.05) is 44.2 Å². The molecule has 3 aromatic carbocycles. The summed E-state index contributed by atoms with van der Waals surface area (Å²) in [5.74, 6) is 1.13. The number of nitrogens with one attached hydrogen (secondary N) is 1. The van der Waals surface area contributed by atoms with Crippen LogP contribution < -0.4 is 14.8 Å². The molecule has 0 saturated carbocycles. The number of amides is 1. The molecule has 0 aliphatic rings. The van der Waals surface area contributed by atoms with E-state index in [0.29, 0.717) is 22.1 Å². The fraction of sp³-hybridized carbons (Fsp3) is 0.174. The van der Waals surface area contributed by atoms with Gasteiger partial charge in [0.2, 0.25) is 0 Å². The van der Waals surface area contributed by atoms with Gasteiger partial charge in [0, 0.05) is 21.8 Å². The monoisotopic (exact) mass is 395 g/mol. The number of benzene rings is 3. The Kier molecular flexibility index (Phi) is 6.22. The van der Waals surface area contributed by atoms with E-state index in [2.05, 4.69) is 5.32 Å². The molecule has 0 heterocycles. The summed E-state index contributed by atoms with van der Waals surface area (Å²) in [5.41, 5.74) is 4.27. The highest BCUT2D eigenvalue weighted by Crippen LogP contribution is 2.25. The van der Waals surface area contributed by atoms with Crippen LogP contribution in [0.25, 0.3) is 0 Å². The molecule has 4 nitrogen and oxygen atoms in total. The quantitative estimate of drug-likeness (QED) is 0.574. The molecule has 1 amide bonds. The zero-order chi connectivity index (χ0) is 20.1. The molecule has 0 radical (unpaired) electrons. The van der Waals surface area contributed by atoms with Gasteiger partial charge in [-0.1, -0.05) is 35.4 Å². The summed E-state index contributed by atoms with van der Waals surface area (Å²) >= 11 is 5.99. The van der Waals surface area contributed by atoms with Gasteiger partial charge in [-0.05, 0) is 61.9 Å². The minimum Gasteiger partial charge on any atom is -0.496 e. The first-order chi connectivity index (χ1) is 13.5. The molecular formula is C23H22ClNO3. The molecule has 0 unspecified atom stereocenters. The molecule has 0 spiro atoms. The summed E-state index contributed by atoms with van der Waals surface area (Å²) in [6.07, 6.45) is 0. The van der Waals surface area contributed by atoms with Crippen molar-refractivity contribution in [3.8, 4) is 11.5 Å². The summed E-state index contributed by atoms with van der Waals surface area (Å²) in [5, 5.41) is 3.56. The first-order valence-electron chi connectivity index (χ1n) is 8.90. The van der Waals surface area contributed by atoms with Crippen molar-refractivity contribution < 1.29 is 14.3 Å². The second-order valence-electron chi connectivity index (χ2n) is 6.55. The van der Waals surface area contributed by atoms with Gasteiger partial charge >= 0.3 is 0 Å². The Balaban J connectivity index is 1.78. The van der Waals surface area contributed by atoms with Crippen LogP contribution in [0.3, 0.4) is 0 Å². The first kappa shape index (κ1) is 19.8. The van der Waals surface area contributed by atoms with Gasteiger partial charge in [-0.3, -0.25) is 4.79 Å². The second kappa shape index (κ2) is 8.81. The number of rotatable bonds is 6. The van der Waals surface area contributed by atoms with Crippen molar-refractivity contribution in [2.45, 2.75) is 20.5 Å². The van der Waals surface area contributed by atoms with Gasteiger partial charge in [-0.15, -0.1) is 0 Å². The topological polar surface area (TPSA) is 47.6 Å². The highest BCUT2D eigenvalue weighted by molar-refractivity contribution is 6.30. The van der Waals surface area contributed by atoms with Crippen molar-refractivity contribution in [3.05, 3.63) is 87.9 Å². The third-order valence-electron chi connectivity index (χ3n) is 4.36. The molecule has 0 aliphatic heterocycles. The van der Waals surface area contributed by atoms with E-state index in [9.17, 15) is 4.79 Å². The normalized spacial score (nSPS) is 10.4. The number of ether oxygens (including phenoxy) is 2. The first-order valence-corrected chi connectivity index (χ1v) is 9.28. The Morgan fingerprint density at radius 1 is 1.04 bits per heavy atom. The molecule has 0 atom stereocenters. The van der Waals surface area contributed by atoms with Crippen molar-refractivity contribution in [2.75, 3.05) is 12.4 Å². The Morgan fingerprint density at radius 3 is 2.57 bits per heavy atom. The van der Waals surface area contributed by atoms with Gasteiger partial charge in [0.1, 0.15) is 18.1 Å². The molecule has 0 aliphatic carbocycles. The van der Waals surface area contributed by atoms with Crippen LogP contribution in [0.4, 0.5) is 5.69 Å². The van der Waals surface area contributed by atoms with Crippen LogP contribution in [0.1, 0.15) is 27.0 Å². The molecular weight excluding hydrogens is 374 g/mol. The molecule has 3 rings (SSSR count). The lowest BCUT2D eigenvalue weighted by Gasteiger charge is -2.13. The van der Waals surface area contributed by atoms with Crippen LogP contribution >= 0.6 is 11.6 Å². The standard InChI is InChI=1S/C23H22ClNO3/c1-15-7-9-21(16(2)11-15)25-23(26)17-8-10-22(27-3)18(12-17)14-28-20-6-4-5-19(24)13-20/h4-13H,14H2,1-3H3,(H,25,26). The van der Waals surface area contributed by atoms with E-state index in [-0.39, 0.29) is 12.5 Å². The number of aryl methyl sites for hydroxylation is 2. The van der Waals surface area contributed by atoms with Gasteiger partial charge in [0.15, 0.2) is 0 Å². The van der Waals surface area contributed by atoms with Crippen LogP contribution in [-0.4, -0.2) is 13.0 Å². The number of carbonyl (C=O) groups excluding carboxylic acids is 1. The average molecular weight is 396 g/mol. The SMILES string of the molecule is COc1ccc(C(=O)Nc2ccc(C)cc2C)cc1COc1cccc(Cl)c1. The van der Waals surface area contributed by atoms with E-state index in [4.69, 9.17) is 21.1 Å². The van der Waals surface area contributed by atoms with Crippen molar-refractivity contribution >= 4 is 23.2 Å². The maximum Gasteiger partial charge on any atom is 0.255 e. The van der Waals surface area contributed by atoms with Crippen molar-refractivity contribution in [1.82, 2.24) is 0 Å². The Labute approximate surface area is 170 Å². The molecule has 1 N–H and O–H groups in total. The minimum absolute atomic E-state index is 0.182. The lowest BCUT2D eigenvalue weighted by molar-refractivity contribution is 0.102. The molecule has 0 saturated heterocycles. The highest BCUT2D eigenvalue weighted by Gasteiger charge is 2.12. The van der Waals surface area contributed by atoms with Gasteiger partial charge in [-0.2, -0.15) is 0 Å². The van der Waals surface area contributed by atoms with Gasteiger partial charge < -0.3 is 14.8 Å². The summed E-state index contributed by atoms with van der Waals surface area (Å²) < 4.78 is 11.2. The maximum atomic E-state index is 12.7. The summed E-state index contributed by atoms with van der Waals surface area (Å²) in [4.78, 5) is 12.7. The van der Waals surface area contributed by atoms with Gasteiger partial charge in [0.25, 0.3) is 5.91 Å². The number of hydrogen-bond acceptors (Lipinski definition) is 3. The minimum atomic E-state index is -0.182. The largest absolute Gasteiger partial charge is 0.496 e. The van der Waals surface area contributed by atoms with E-state index < -0.39 is 0 Å². The van der Waals surface area contributed by atoms with Crippen LogP contribution in [0.2, 0.25) is 5.02 Å². The number of carbonyl (C=O) groups is 1. The van der Waals surface area contributed by atoms with Gasteiger partial charge in [0.05, 0.1) is 7.11 Å². The molecule has 144 valence electrons. The summed E-state index contributed by atoms with van der Waals surface area (Å²) in [6.45, 7) is 4.25. The van der Waals surface area contributed by atoms with Crippen LogP contribution in [0.5, 0.6) is 11.5 Å². The zero-order valence-electron chi connectivity index (χ0n) is 16.1. The third-order valence-corrected chi connectivity index (χ3v) is 4.60. The van der Waals surface area contributed by atoms with Crippen LogP contribution in [0.15, 0.2) is 60.7 Å². The lowest BCUT2D eigenvalue weighted by atomic mass is 10.1. The van der Waals surface area contributed by atoms with Crippen molar-refractivity contribution in [2.24, 2.45) is 0 Å². The van der Waals surface area contributed by atoms with E-state index in [0.717, 1.165) is 22.4 Å². The Bertz CT molecular complexity index is 1000. The Hall–Kier alpha value is -2.98. The number of methoxy groups -OCH3 is 1. The molecule has 0 bridgehead atoms. The summed E-state index contributed by atoms with van der Waals surface area (Å²) in [7, 11) is 1.59. The van der Waals surface area contributed by atoms with Crippen molar-refractivity contribution in [3.63, 3.8) is 0 Å². The molecule has 5 heteroatoms. The fourth-order valence-corrected chi connectivity index (χ4v) is 3.08. The third kappa shape index (κ3) is 4.84. The van der Waals surface area contributed by atoms with Crippen LogP contribution in [-0.2, 0) is 6.61 Å². The number of anilines is 1. The molecule has 0 aromatic heterocycles. The maximum absolute atomic E-state index is 12.7. The Morgan fingerprint density at radius 2 is 1.86 bits per heavy atom. The smallest absolute Gasteiger partial charge is 0.255 e. The number of hydrogen-bond donors (Lipinski definition) is 1. The zero-order valence-corrected chi connectivity index (χ0v) is 16.8. The summed E-state index contributed by atoms with van der Waals surface area (Å²) in [6, 6.07) is 18.4. The predicted molar refractivity (Wildman–Crippen MR) is 113 cm³/mol. The highest BCUT2D eigenvalue weighted by atomic mass is 35.5. The van der Waals surface area contributed by atoms with Crippen LogP contribution in [0, 0.1) is 13.8 Å². The van der Waals surface area contributed by atoms with E-state index in [1.165, 1.54) is 0 Å². The fourth-order valence-electron chi connectivity index (χ4n) is 2.90. The predicted octanol–water partition coefficient (Wildman–Crippen LogP) is 5.80. The van der Waals surface area contributed by atoms with Gasteiger partial charge in [-0.25, -0.2) is 0 Å². The molecule has 28 heavy (non-hydrogen) atoms. The molecule has 3 aromatic rings. The van der Waals surface area contributed by atoms with Crippen molar-refractivity contribution in [1.29, 1.82) is 0 Å².